The van der Waals surface area contributed by atoms with Gasteiger partial charge >= 0.3 is 0 Å². The summed E-state index contributed by atoms with van der Waals surface area (Å²) >= 11 is 0. The first-order valence-electron chi connectivity index (χ1n) is 7.46. The van der Waals surface area contributed by atoms with Crippen LogP contribution in [0.15, 0.2) is 12.1 Å². The lowest BCUT2D eigenvalue weighted by atomic mass is 10.0. The number of nitrogens with zero attached hydrogens (tertiary/aromatic N) is 1. The number of hydrogen-bond donors (Lipinski definition) is 1. The van der Waals surface area contributed by atoms with Gasteiger partial charge in [0.15, 0.2) is 11.5 Å². The molecule has 0 aliphatic carbocycles. The van der Waals surface area contributed by atoms with Gasteiger partial charge in [-0.1, -0.05) is 6.42 Å². The molecule has 1 aliphatic heterocycles. The third-order valence-electron chi connectivity index (χ3n) is 4.13. The predicted molar refractivity (Wildman–Crippen MR) is 83.2 cm³/mol. The van der Waals surface area contributed by atoms with E-state index in [4.69, 9.17) is 19.9 Å². The SMILES string of the molecule is COc1cc(CN2CCCCC2CN)cc(OC)c1OC. The van der Waals surface area contributed by atoms with E-state index in [1.165, 1.54) is 19.3 Å². The molecular weight excluding hydrogens is 268 g/mol. The number of piperidine rings is 1. The smallest absolute Gasteiger partial charge is 0.203 e. The summed E-state index contributed by atoms with van der Waals surface area (Å²) in [6, 6.07) is 4.51. The Kier molecular flexibility index (Phi) is 5.70. The van der Waals surface area contributed by atoms with Gasteiger partial charge in [-0.2, -0.15) is 0 Å². The van der Waals surface area contributed by atoms with Crippen LogP contribution in [0.2, 0.25) is 0 Å². The van der Waals surface area contributed by atoms with Gasteiger partial charge in [0.25, 0.3) is 0 Å². The zero-order chi connectivity index (χ0) is 15.2. The minimum atomic E-state index is 0.470. The van der Waals surface area contributed by atoms with Gasteiger partial charge in [0.1, 0.15) is 0 Å². The van der Waals surface area contributed by atoms with Gasteiger partial charge in [0.2, 0.25) is 5.75 Å². The Morgan fingerprint density at radius 2 is 1.76 bits per heavy atom. The van der Waals surface area contributed by atoms with Crippen molar-refractivity contribution in [1.29, 1.82) is 0 Å². The fraction of sp³-hybridized carbons (Fsp3) is 0.625. The van der Waals surface area contributed by atoms with E-state index in [-0.39, 0.29) is 0 Å². The third kappa shape index (κ3) is 3.60. The van der Waals surface area contributed by atoms with E-state index < -0.39 is 0 Å². The maximum atomic E-state index is 5.89. The zero-order valence-corrected chi connectivity index (χ0v) is 13.2. The van der Waals surface area contributed by atoms with E-state index in [2.05, 4.69) is 4.90 Å². The van der Waals surface area contributed by atoms with Gasteiger partial charge in [0.05, 0.1) is 21.3 Å². The Balaban J connectivity index is 2.23. The van der Waals surface area contributed by atoms with Crippen molar-refractivity contribution in [2.24, 2.45) is 5.73 Å². The molecule has 2 N–H and O–H groups in total. The molecule has 0 amide bonds. The van der Waals surface area contributed by atoms with Gasteiger partial charge in [0, 0.05) is 19.1 Å². The molecule has 1 aromatic rings. The summed E-state index contributed by atoms with van der Waals surface area (Å²) in [6.07, 6.45) is 3.69. The fourth-order valence-electron chi connectivity index (χ4n) is 3.00. The van der Waals surface area contributed by atoms with E-state index in [0.717, 1.165) is 18.7 Å². The molecule has 1 saturated heterocycles. The van der Waals surface area contributed by atoms with Crippen molar-refractivity contribution in [3.63, 3.8) is 0 Å². The number of likely N-dealkylation sites (tertiary alicyclic amines) is 1. The lowest BCUT2D eigenvalue weighted by Gasteiger charge is -2.35. The molecule has 1 fully saturated rings. The number of methoxy groups -OCH3 is 3. The van der Waals surface area contributed by atoms with Crippen LogP contribution in [0.4, 0.5) is 0 Å². The van der Waals surface area contributed by atoms with Gasteiger partial charge in [-0.25, -0.2) is 0 Å². The van der Waals surface area contributed by atoms with Gasteiger partial charge in [-0.3, -0.25) is 4.90 Å². The monoisotopic (exact) mass is 294 g/mol. The molecule has 1 aromatic carbocycles. The second kappa shape index (κ2) is 7.52. The quantitative estimate of drug-likeness (QED) is 0.870. The Labute approximate surface area is 127 Å². The maximum absolute atomic E-state index is 5.89. The van der Waals surface area contributed by atoms with Crippen molar-refractivity contribution >= 4 is 0 Å². The lowest BCUT2D eigenvalue weighted by Crippen LogP contribution is -2.43. The summed E-state index contributed by atoms with van der Waals surface area (Å²) in [5.41, 5.74) is 7.05. The molecule has 1 heterocycles. The zero-order valence-electron chi connectivity index (χ0n) is 13.2. The number of benzene rings is 1. The van der Waals surface area contributed by atoms with E-state index in [0.29, 0.717) is 29.8 Å². The number of rotatable bonds is 6. The Bertz CT molecular complexity index is 440. The molecule has 0 aromatic heterocycles. The fourth-order valence-corrected chi connectivity index (χ4v) is 3.00. The molecule has 0 bridgehead atoms. The van der Waals surface area contributed by atoms with Gasteiger partial charge < -0.3 is 19.9 Å². The molecule has 0 saturated carbocycles. The summed E-state index contributed by atoms with van der Waals surface area (Å²) < 4.78 is 16.2. The van der Waals surface area contributed by atoms with Crippen molar-refractivity contribution in [1.82, 2.24) is 4.90 Å². The van der Waals surface area contributed by atoms with Crippen LogP contribution in [-0.2, 0) is 6.54 Å². The van der Waals surface area contributed by atoms with Crippen LogP contribution in [-0.4, -0.2) is 45.4 Å². The van der Waals surface area contributed by atoms with Crippen LogP contribution in [0, 0.1) is 0 Å². The minimum absolute atomic E-state index is 0.470. The highest BCUT2D eigenvalue weighted by Gasteiger charge is 2.22. The molecule has 5 nitrogen and oxygen atoms in total. The molecule has 1 atom stereocenters. The highest BCUT2D eigenvalue weighted by molar-refractivity contribution is 5.53. The van der Waals surface area contributed by atoms with E-state index in [1.54, 1.807) is 21.3 Å². The molecule has 2 rings (SSSR count). The molecule has 0 radical (unpaired) electrons. The third-order valence-corrected chi connectivity index (χ3v) is 4.13. The molecule has 21 heavy (non-hydrogen) atoms. The summed E-state index contributed by atoms with van der Waals surface area (Å²) in [7, 11) is 4.91. The second-order valence-electron chi connectivity index (χ2n) is 5.39. The lowest BCUT2D eigenvalue weighted by molar-refractivity contribution is 0.144. The Morgan fingerprint density at radius 1 is 1.10 bits per heavy atom. The largest absolute Gasteiger partial charge is 0.493 e. The minimum Gasteiger partial charge on any atom is -0.493 e. The van der Waals surface area contributed by atoms with Crippen molar-refractivity contribution in [2.75, 3.05) is 34.4 Å². The standard InChI is InChI=1S/C16H26N2O3/c1-19-14-8-12(9-15(20-2)16(14)21-3)11-18-7-5-4-6-13(18)10-17/h8-9,13H,4-7,10-11,17H2,1-3H3. The van der Waals surface area contributed by atoms with Crippen LogP contribution in [0.1, 0.15) is 24.8 Å². The van der Waals surface area contributed by atoms with Crippen molar-refractivity contribution in [3.05, 3.63) is 17.7 Å². The Hall–Kier alpha value is -1.46. The van der Waals surface area contributed by atoms with Crippen LogP contribution in [0.3, 0.4) is 0 Å². The normalized spacial score (nSPS) is 19.3. The van der Waals surface area contributed by atoms with Crippen LogP contribution in [0.25, 0.3) is 0 Å². The first kappa shape index (κ1) is 15.9. The van der Waals surface area contributed by atoms with Crippen LogP contribution < -0.4 is 19.9 Å². The molecule has 0 spiro atoms. The van der Waals surface area contributed by atoms with Crippen molar-refractivity contribution < 1.29 is 14.2 Å². The highest BCUT2D eigenvalue weighted by Crippen LogP contribution is 2.38. The van der Waals surface area contributed by atoms with E-state index in [9.17, 15) is 0 Å². The summed E-state index contributed by atoms with van der Waals surface area (Å²) in [4.78, 5) is 2.45. The number of hydrogen-bond acceptors (Lipinski definition) is 5. The van der Waals surface area contributed by atoms with Crippen molar-refractivity contribution in [3.8, 4) is 17.2 Å². The van der Waals surface area contributed by atoms with E-state index >= 15 is 0 Å². The predicted octanol–water partition coefficient (Wildman–Crippen LogP) is 2.03. The summed E-state index contributed by atoms with van der Waals surface area (Å²) in [5, 5.41) is 0. The Morgan fingerprint density at radius 3 is 2.29 bits per heavy atom. The average Bonchev–Trinajstić information content (AvgIpc) is 2.54. The van der Waals surface area contributed by atoms with Crippen molar-refractivity contribution in [2.45, 2.75) is 31.8 Å². The summed E-state index contributed by atoms with van der Waals surface area (Å²) in [6.45, 7) is 2.67. The van der Waals surface area contributed by atoms with E-state index in [1.807, 2.05) is 12.1 Å². The average molecular weight is 294 g/mol. The maximum Gasteiger partial charge on any atom is 0.203 e. The van der Waals surface area contributed by atoms with Gasteiger partial charge in [-0.05, 0) is 37.1 Å². The molecule has 118 valence electrons. The molecule has 1 aliphatic rings. The first-order chi connectivity index (χ1) is 10.2. The summed E-state index contributed by atoms with van der Waals surface area (Å²) in [5.74, 6) is 2.04. The van der Waals surface area contributed by atoms with Crippen LogP contribution >= 0.6 is 0 Å². The van der Waals surface area contributed by atoms with Gasteiger partial charge in [-0.15, -0.1) is 0 Å². The first-order valence-corrected chi connectivity index (χ1v) is 7.46. The van der Waals surface area contributed by atoms with Crippen LogP contribution in [0.5, 0.6) is 17.2 Å². The number of nitrogens with two attached hydrogens (primary N) is 1. The number of ether oxygens (including phenoxy) is 3. The molecule has 5 heteroatoms. The second-order valence-corrected chi connectivity index (χ2v) is 5.39. The molecule has 1 unspecified atom stereocenters. The molecular formula is C16H26N2O3. The topological polar surface area (TPSA) is 57.0 Å². The highest BCUT2D eigenvalue weighted by atomic mass is 16.5.